The second-order valence-corrected chi connectivity index (χ2v) is 3.56. The Kier molecular flexibility index (Phi) is 11.8. The molecule has 0 spiro atoms. The fourth-order valence-corrected chi connectivity index (χ4v) is 1.23. The maximum atomic E-state index is 3.45. The summed E-state index contributed by atoms with van der Waals surface area (Å²) < 4.78 is 0. The van der Waals surface area contributed by atoms with E-state index >= 15 is 0 Å². The average molecular weight is 186 g/mol. The van der Waals surface area contributed by atoms with E-state index in [0.29, 0.717) is 0 Å². The molecular formula is C11H26N2. The van der Waals surface area contributed by atoms with Gasteiger partial charge in [-0.15, -0.1) is 0 Å². The smallest absolute Gasteiger partial charge is 0.00484 e. The zero-order valence-electron chi connectivity index (χ0n) is 9.36. The zero-order chi connectivity index (χ0) is 9.78. The minimum Gasteiger partial charge on any atom is -0.317 e. The van der Waals surface area contributed by atoms with Gasteiger partial charge >= 0.3 is 0 Å². The summed E-state index contributed by atoms with van der Waals surface area (Å²) in [5, 5.41) is 6.86. The Hall–Kier alpha value is -0.0800. The Bertz CT molecular complexity index is 74.2. The highest BCUT2D eigenvalue weighted by atomic mass is 14.9. The third-order valence-corrected chi connectivity index (χ3v) is 2.09. The first-order chi connectivity index (χ1) is 6.41. The van der Waals surface area contributed by atoms with Gasteiger partial charge in [0.1, 0.15) is 0 Å². The Morgan fingerprint density at radius 1 is 0.615 bits per heavy atom. The first kappa shape index (κ1) is 12.9. The van der Waals surface area contributed by atoms with Crippen LogP contribution >= 0.6 is 0 Å². The van der Waals surface area contributed by atoms with Gasteiger partial charge in [-0.2, -0.15) is 0 Å². The summed E-state index contributed by atoms with van der Waals surface area (Å²) in [5.41, 5.74) is 0. The van der Waals surface area contributed by atoms with Crippen molar-refractivity contribution in [2.75, 3.05) is 26.2 Å². The molecule has 0 rings (SSSR count). The highest BCUT2D eigenvalue weighted by molar-refractivity contribution is 4.51. The molecule has 0 atom stereocenters. The third kappa shape index (κ3) is 11.9. The monoisotopic (exact) mass is 186 g/mol. The van der Waals surface area contributed by atoms with Gasteiger partial charge in [0.05, 0.1) is 0 Å². The molecular weight excluding hydrogens is 160 g/mol. The molecule has 0 aromatic rings. The lowest BCUT2D eigenvalue weighted by molar-refractivity contribution is 0.570. The largest absolute Gasteiger partial charge is 0.317 e. The van der Waals surface area contributed by atoms with E-state index in [9.17, 15) is 0 Å². The van der Waals surface area contributed by atoms with Crippen molar-refractivity contribution in [2.45, 2.75) is 46.0 Å². The number of unbranched alkanes of at least 4 members (excludes halogenated alkanes) is 2. The van der Waals surface area contributed by atoms with Crippen molar-refractivity contribution in [1.29, 1.82) is 0 Å². The topological polar surface area (TPSA) is 24.1 Å². The highest BCUT2D eigenvalue weighted by Crippen LogP contribution is 1.86. The van der Waals surface area contributed by atoms with Crippen molar-refractivity contribution >= 4 is 0 Å². The molecule has 0 amide bonds. The predicted octanol–water partition coefficient (Wildman–Crippen LogP) is 2.16. The molecule has 13 heavy (non-hydrogen) atoms. The van der Waals surface area contributed by atoms with Crippen LogP contribution in [0, 0.1) is 0 Å². The van der Waals surface area contributed by atoms with E-state index in [1.54, 1.807) is 0 Å². The van der Waals surface area contributed by atoms with Gasteiger partial charge < -0.3 is 10.6 Å². The molecule has 2 heteroatoms. The van der Waals surface area contributed by atoms with Crippen molar-refractivity contribution < 1.29 is 0 Å². The Labute approximate surface area is 83.5 Å². The first-order valence-corrected chi connectivity index (χ1v) is 5.83. The first-order valence-electron chi connectivity index (χ1n) is 5.83. The van der Waals surface area contributed by atoms with E-state index in [2.05, 4.69) is 24.5 Å². The molecule has 0 heterocycles. The summed E-state index contributed by atoms with van der Waals surface area (Å²) in [7, 11) is 0. The molecule has 0 saturated carbocycles. The third-order valence-electron chi connectivity index (χ3n) is 2.09. The van der Waals surface area contributed by atoms with Crippen LogP contribution in [-0.4, -0.2) is 26.2 Å². The van der Waals surface area contributed by atoms with E-state index < -0.39 is 0 Å². The van der Waals surface area contributed by atoms with E-state index in [-0.39, 0.29) is 0 Å². The van der Waals surface area contributed by atoms with Crippen LogP contribution in [0.3, 0.4) is 0 Å². The zero-order valence-corrected chi connectivity index (χ0v) is 9.36. The van der Waals surface area contributed by atoms with Crippen LogP contribution in [0.15, 0.2) is 0 Å². The van der Waals surface area contributed by atoms with Gasteiger partial charge in [-0.3, -0.25) is 0 Å². The molecule has 0 unspecified atom stereocenters. The molecule has 80 valence electrons. The minimum absolute atomic E-state index is 1.17. The second kappa shape index (κ2) is 11.9. The van der Waals surface area contributed by atoms with Gasteiger partial charge in [0.2, 0.25) is 0 Å². The van der Waals surface area contributed by atoms with E-state index in [1.807, 2.05) is 0 Å². The number of hydrogen-bond donors (Lipinski definition) is 2. The maximum Gasteiger partial charge on any atom is -0.00484 e. The molecule has 0 bridgehead atoms. The van der Waals surface area contributed by atoms with Crippen LogP contribution in [0.2, 0.25) is 0 Å². The van der Waals surface area contributed by atoms with Crippen molar-refractivity contribution in [3.05, 3.63) is 0 Å². The Balaban J connectivity index is 2.76. The van der Waals surface area contributed by atoms with Crippen LogP contribution in [0.25, 0.3) is 0 Å². The van der Waals surface area contributed by atoms with Gasteiger partial charge in [0, 0.05) is 0 Å². The predicted molar refractivity (Wildman–Crippen MR) is 60.2 cm³/mol. The van der Waals surface area contributed by atoms with Crippen LogP contribution in [-0.2, 0) is 0 Å². The summed E-state index contributed by atoms with van der Waals surface area (Å²) in [4.78, 5) is 0. The molecule has 0 radical (unpaired) electrons. The molecule has 0 fully saturated rings. The summed E-state index contributed by atoms with van der Waals surface area (Å²) in [5.74, 6) is 0. The number of nitrogens with one attached hydrogen (secondary N) is 2. The lowest BCUT2D eigenvalue weighted by Gasteiger charge is -2.04. The normalized spacial score (nSPS) is 10.6. The van der Waals surface area contributed by atoms with E-state index in [4.69, 9.17) is 0 Å². The maximum absolute atomic E-state index is 3.45. The fraction of sp³-hybridized carbons (Fsp3) is 1.00. The van der Waals surface area contributed by atoms with Crippen LogP contribution in [0.1, 0.15) is 46.0 Å². The van der Waals surface area contributed by atoms with E-state index in [0.717, 1.165) is 0 Å². The van der Waals surface area contributed by atoms with Crippen molar-refractivity contribution in [1.82, 2.24) is 10.6 Å². The minimum atomic E-state index is 1.17. The van der Waals surface area contributed by atoms with Gasteiger partial charge in [-0.25, -0.2) is 0 Å². The lowest BCUT2D eigenvalue weighted by atomic mass is 10.3. The van der Waals surface area contributed by atoms with Crippen LogP contribution in [0.4, 0.5) is 0 Å². The summed E-state index contributed by atoms with van der Waals surface area (Å²) in [6.07, 6.45) is 6.47. The molecule has 0 aromatic heterocycles. The number of rotatable bonds is 10. The van der Waals surface area contributed by atoms with Gasteiger partial charge in [-0.1, -0.05) is 20.3 Å². The van der Waals surface area contributed by atoms with Crippen molar-refractivity contribution in [2.24, 2.45) is 0 Å². The summed E-state index contributed by atoms with van der Waals surface area (Å²) in [6, 6.07) is 0. The SMILES string of the molecule is CCCCNCCCCNCCC. The Morgan fingerprint density at radius 2 is 1.15 bits per heavy atom. The standard InChI is InChI=1S/C11H26N2/c1-3-5-9-13-11-7-6-10-12-8-4-2/h12-13H,3-11H2,1-2H3. The number of hydrogen-bond acceptors (Lipinski definition) is 2. The van der Waals surface area contributed by atoms with Crippen molar-refractivity contribution in [3.8, 4) is 0 Å². The van der Waals surface area contributed by atoms with E-state index in [1.165, 1.54) is 58.3 Å². The van der Waals surface area contributed by atoms with Crippen LogP contribution in [0.5, 0.6) is 0 Å². The molecule has 2 N–H and O–H groups in total. The summed E-state index contributed by atoms with van der Waals surface area (Å²) in [6.45, 7) is 9.18. The van der Waals surface area contributed by atoms with Crippen LogP contribution < -0.4 is 10.6 Å². The van der Waals surface area contributed by atoms with Gasteiger partial charge in [-0.05, 0) is 51.9 Å². The molecule has 0 aromatic carbocycles. The van der Waals surface area contributed by atoms with Crippen molar-refractivity contribution in [3.63, 3.8) is 0 Å². The molecule has 0 aliphatic rings. The second-order valence-electron chi connectivity index (χ2n) is 3.56. The molecule has 0 saturated heterocycles. The Morgan fingerprint density at radius 3 is 1.69 bits per heavy atom. The highest BCUT2D eigenvalue weighted by Gasteiger charge is 1.88. The molecule has 0 aliphatic carbocycles. The molecule has 2 nitrogen and oxygen atoms in total. The fourth-order valence-electron chi connectivity index (χ4n) is 1.23. The molecule has 0 aliphatic heterocycles. The average Bonchev–Trinajstić information content (AvgIpc) is 2.16. The summed E-state index contributed by atoms with van der Waals surface area (Å²) >= 11 is 0. The lowest BCUT2D eigenvalue weighted by Crippen LogP contribution is -2.20. The van der Waals surface area contributed by atoms with Gasteiger partial charge in [0.25, 0.3) is 0 Å². The van der Waals surface area contributed by atoms with Gasteiger partial charge in [0.15, 0.2) is 0 Å². The quantitative estimate of drug-likeness (QED) is 0.511.